The number of hydrogen-bond acceptors (Lipinski definition) is 5. The van der Waals surface area contributed by atoms with Gasteiger partial charge in [-0.1, -0.05) is 12.1 Å². The summed E-state index contributed by atoms with van der Waals surface area (Å²) in [5.74, 6) is -0.956. The highest BCUT2D eigenvalue weighted by Gasteiger charge is 2.32. The highest BCUT2D eigenvalue weighted by Crippen LogP contribution is 2.30. The summed E-state index contributed by atoms with van der Waals surface area (Å²) < 4.78 is 45.5. The molecule has 0 N–H and O–H groups in total. The van der Waals surface area contributed by atoms with Crippen molar-refractivity contribution in [3.8, 4) is 0 Å². The van der Waals surface area contributed by atoms with E-state index in [2.05, 4.69) is 8.75 Å². The summed E-state index contributed by atoms with van der Waals surface area (Å²) in [5.41, 5.74) is -0.323. The summed E-state index contributed by atoms with van der Waals surface area (Å²) in [6, 6.07) is 4.19. The molecule has 132 valence electrons. The number of hydrogen-bond donors (Lipinski definition) is 0. The van der Waals surface area contributed by atoms with Gasteiger partial charge in [0.05, 0.1) is 23.5 Å². The predicted octanol–water partition coefficient (Wildman–Crippen LogP) is 3.29. The molecular formula is C16H14F3N3O2S. The van der Waals surface area contributed by atoms with Crippen molar-refractivity contribution < 1.29 is 22.8 Å². The number of amides is 1. The molecule has 2 heterocycles. The molecule has 1 aliphatic heterocycles. The third kappa shape index (κ3) is 3.87. The Hall–Kier alpha value is -2.29. The molecule has 1 atom stereocenters. The van der Waals surface area contributed by atoms with E-state index in [0.29, 0.717) is 19.4 Å². The predicted molar refractivity (Wildman–Crippen MR) is 84.3 cm³/mol. The first kappa shape index (κ1) is 17.5. The first-order chi connectivity index (χ1) is 11.9. The van der Waals surface area contributed by atoms with E-state index in [9.17, 15) is 22.8 Å². The summed E-state index contributed by atoms with van der Waals surface area (Å²) in [6.45, 7) is 0.753. The van der Waals surface area contributed by atoms with Crippen LogP contribution in [-0.4, -0.2) is 38.4 Å². The molecule has 0 saturated carbocycles. The maximum Gasteiger partial charge on any atom is 0.416 e. The Morgan fingerprint density at radius 1 is 1.20 bits per heavy atom. The smallest absolute Gasteiger partial charge is 0.336 e. The molecule has 1 amide bonds. The van der Waals surface area contributed by atoms with Gasteiger partial charge in [0.2, 0.25) is 0 Å². The molecule has 0 bridgehead atoms. The number of carbonyl (C=O) groups excluding carboxylic acids is 2. The molecule has 1 aromatic carbocycles. The lowest BCUT2D eigenvalue weighted by molar-refractivity contribution is -0.137. The van der Waals surface area contributed by atoms with Crippen molar-refractivity contribution in [3.05, 3.63) is 47.3 Å². The Morgan fingerprint density at radius 2 is 1.92 bits per heavy atom. The summed E-state index contributed by atoms with van der Waals surface area (Å²) >= 11 is 0.933. The first-order valence-electron chi connectivity index (χ1n) is 7.64. The molecule has 1 unspecified atom stereocenters. The number of likely N-dealkylation sites (tertiary alicyclic amines) is 1. The molecule has 0 radical (unpaired) electrons. The fraction of sp³-hybridized carbons (Fsp3) is 0.375. The molecule has 0 aliphatic carbocycles. The van der Waals surface area contributed by atoms with E-state index < -0.39 is 17.7 Å². The van der Waals surface area contributed by atoms with Crippen LogP contribution in [0.1, 0.15) is 39.3 Å². The van der Waals surface area contributed by atoms with Gasteiger partial charge in [0.25, 0.3) is 5.91 Å². The van der Waals surface area contributed by atoms with Crippen molar-refractivity contribution in [2.24, 2.45) is 5.92 Å². The van der Waals surface area contributed by atoms with Crippen molar-refractivity contribution in [1.82, 2.24) is 13.6 Å². The van der Waals surface area contributed by atoms with Gasteiger partial charge in [0.15, 0.2) is 11.5 Å². The van der Waals surface area contributed by atoms with E-state index in [0.717, 1.165) is 23.9 Å². The topological polar surface area (TPSA) is 63.2 Å². The molecule has 2 aromatic rings. The zero-order valence-electron chi connectivity index (χ0n) is 13.0. The lowest BCUT2D eigenvalue weighted by Crippen LogP contribution is -2.42. The Bertz CT molecular complexity index is 760. The second-order valence-corrected chi connectivity index (χ2v) is 6.38. The average Bonchev–Trinajstić information content (AvgIpc) is 3.14. The minimum absolute atomic E-state index is 0.225. The third-order valence-electron chi connectivity index (χ3n) is 4.16. The van der Waals surface area contributed by atoms with Gasteiger partial charge in [0, 0.05) is 24.6 Å². The van der Waals surface area contributed by atoms with E-state index in [1.807, 2.05) is 0 Å². The summed E-state index contributed by atoms with van der Waals surface area (Å²) in [7, 11) is 0. The van der Waals surface area contributed by atoms with Gasteiger partial charge in [-0.2, -0.15) is 21.9 Å². The van der Waals surface area contributed by atoms with Gasteiger partial charge >= 0.3 is 6.18 Å². The standard InChI is InChI=1S/C16H14F3N3O2S/c17-16(18,19)12-5-3-10(4-6-12)14(23)11-2-1-7-22(9-11)15(24)13-8-20-25-21-13/h3-6,8,11H,1-2,7,9H2. The fourth-order valence-corrected chi connectivity index (χ4v) is 3.26. The van der Waals surface area contributed by atoms with Crippen LogP contribution in [0.2, 0.25) is 0 Å². The molecule has 1 fully saturated rings. The van der Waals surface area contributed by atoms with Gasteiger partial charge in [-0.25, -0.2) is 0 Å². The van der Waals surface area contributed by atoms with E-state index in [1.54, 1.807) is 4.90 Å². The Morgan fingerprint density at radius 3 is 2.52 bits per heavy atom. The number of rotatable bonds is 3. The monoisotopic (exact) mass is 369 g/mol. The average molecular weight is 369 g/mol. The number of aromatic nitrogens is 2. The van der Waals surface area contributed by atoms with E-state index >= 15 is 0 Å². The van der Waals surface area contributed by atoms with Crippen molar-refractivity contribution in [2.75, 3.05) is 13.1 Å². The summed E-state index contributed by atoms with van der Waals surface area (Å²) in [4.78, 5) is 26.4. The minimum atomic E-state index is -4.43. The normalized spacial score (nSPS) is 18.2. The number of carbonyl (C=O) groups is 2. The van der Waals surface area contributed by atoms with Crippen molar-refractivity contribution in [2.45, 2.75) is 19.0 Å². The molecule has 5 nitrogen and oxygen atoms in total. The number of halogens is 3. The first-order valence-corrected chi connectivity index (χ1v) is 8.37. The second kappa shape index (κ2) is 6.91. The van der Waals surface area contributed by atoms with E-state index in [1.165, 1.54) is 18.3 Å². The van der Waals surface area contributed by atoms with Crippen molar-refractivity contribution in [3.63, 3.8) is 0 Å². The van der Waals surface area contributed by atoms with Crippen LogP contribution in [0.5, 0.6) is 0 Å². The number of piperidine rings is 1. The van der Waals surface area contributed by atoms with Gasteiger partial charge in [0.1, 0.15) is 0 Å². The molecule has 1 aromatic heterocycles. The van der Waals surface area contributed by atoms with Gasteiger partial charge < -0.3 is 4.90 Å². The quantitative estimate of drug-likeness (QED) is 0.779. The van der Waals surface area contributed by atoms with Crippen LogP contribution in [0.4, 0.5) is 13.2 Å². The molecule has 9 heteroatoms. The van der Waals surface area contributed by atoms with Crippen LogP contribution >= 0.6 is 11.7 Å². The Balaban J connectivity index is 1.70. The largest absolute Gasteiger partial charge is 0.416 e. The molecule has 25 heavy (non-hydrogen) atoms. The van der Waals surface area contributed by atoms with Crippen LogP contribution in [-0.2, 0) is 6.18 Å². The third-order valence-corrected chi connectivity index (χ3v) is 4.63. The number of alkyl halides is 3. The maximum atomic E-state index is 12.6. The van der Waals surface area contributed by atoms with Gasteiger partial charge in [-0.3, -0.25) is 9.59 Å². The van der Waals surface area contributed by atoms with Crippen LogP contribution in [0.3, 0.4) is 0 Å². The number of ketones is 1. The van der Waals surface area contributed by atoms with Crippen molar-refractivity contribution >= 4 is 23.4 Å². The Kier molecular flexibility index (Phi) is 4.85. The molecular weight excluding hydrogens is 355 g/mol. The number of benzene rings is 1. The van der Waals surface area contributed by atoms with Crippen LogP contribution < -0.4 is 0 Å². The maximum absolute atomic E-state index is 12.6. The van der Waals surface area contributed by atoms with Crippen LogP contribution in [0.25, 0.3) is 0 Å². The molecule has 0 spiro atoms. The van der Waals surface area contributed by atoms with Gasteiger partial charge in [-0.05, 0) is 25.0 Å². The van der Waals surface area contributed by atoms with Gasteiger partial charge in [-0.15, -0.1) is 0 Å². The minimum Gasteiger partial charge on any atom is -0.336 e. The van der Waals surface area contributed by atoms with Crippen LogP contribution in [0.15, 0.2) is 30.5 Å². The van der Waals surface area contributed by atoms with E-state index in [-0.39, 0.29) is 29.5 Å². The molecule has 3 rings (SSSR count). The molecule has 1 aliphatic rings. The highest BCUT2D eigenvalue weighted by molar-refractivity contribution is 6.99. The number of Topliss-reactive ketones (excluding diaryl/α,β-unsaturated/α-hetero) is 1. The van der Waals surface area contributed by atoms with Crippen molar-refractivity contribution in [1.29, 1.82) is 0 Å². The van der Waals surface area contributed by atoms with E-state index in [4.69, 9.17) is 0 Å². The summed E-state index contributed by atoms with van der Waals surface area (Å²) in [6.07, 6.45) is -1.80. The zero-order valence-corrected chi connectivity index (χ0v) is 13.8. The zero-order chi connectivity index (χ0) is 18.0. The molecule has 1 saturated heterocycles. The lowest BCUT2D eigenvalue weighted by Gasteiger charge is -2.31. The second-order valence-electron chi connectivity index (χ2n) is 5.82. The summed E-state index contributed by atoms with van der Waals surface area (Å²) in [5, 5.41) is 0. The SMILES string of the molecule is O=C(c1ccc(C(F)(F)F)cc1)C1CCCN(C(=O)c2cnsn2)C1. The fourth-order valence-electron chi connectivity index (χ4n) is 2.86. The van der Waals surface area contributed by atoms with Crippen LogP contribution in [0, 0.1) is 5.92 Å². The Labute approximate surface area is 145 Å². The lowest BCUT2D eigenvalue weighted by atomic mass is 9.89. The number of nitrogens with zero attached hydrogens (tertiary/aromatic N) is 3. The highest BCUT2D eigenvalue weighted by atomic mass is 32.1.